The van der Waals surface area contributed by atoms with Crippen molar-refractivity contribution >= 4 is 27.5 Å². The second-order valence-corrected chi connectivity index (χ2v) is 7.73. The molecule has 124 valence electrons. The van der Waals surface area contributed by atoms with Crippen LogP contribution in [-0.4, -0.2) is 24.5 Å². The van der Waals surface area contributed by atoms with Crippen LogP contribution in [0.1, 0.15) is 5.69 Å². The molecule has 1 heterocycles. The number of nitrogens with zero attached hydrogens (tertiary/aromatic N) is 2. The number of para-hydroxylation sites is 1. The molecule has 0 bridgehead atoms. The van der Waals surface area contributed by atoms with E-state index in [1.807, 2.05) is 48.7 Å². The topological polar surface area (TPSA) is 64.0 Å². The molecule has 0 radical (unpaired) electrons. The van der Waals surface area contributed by atoms with Gasteiger partial charge in [0.2, 0.25) is 0 Å². The maximum atomic E-state index is 12.7. The van der Waals surface area contributed by atoms with Crippen LogP contribution >= 0.6 is 11.8 Å². The number of benzene rings is 2. The van der Waals surface area contributed by atoms with Gasteiger partial charge in [-0.25, -0.2) is 13.1 Å². The van der Waals surface area contributed by atoms with Crippen molar-refractivity contribution in [2.24, 2.45) is 0 Å². The SMILES string of the molecule is CSc1cccc(NS(=O)(=O)c2cn(-c3ccccc3)nc2C)c1. The van der Waals surface area contributed by atoms with Gasteiger partial charge < -0.3 is 0 Å². The van der Waals surface area contributed by atoms with Gasteiger partial charge in [-0.15, -0.1) is 11.8 Å². The number of nitrogens with one attached hydrogen (secondary N) is 1. The highest BCUT2D eigenvalue weighted by molar-refractivity contribution is 7.98. The first-order valence-electron chi connectivity index (χ1n) is 7.28. The number of aryl methyl sites for hydroxylation is 1. The van der Waals surface area contributed by atoms with Gasteiger partial charge in [-0.2, -0.15) is 5.10 Å². The van der Waals surface area contributed by atoms with Crippen molar-refractivity contribution in [1.82, 2.24) is 9.78 Å². The van der Waals surface area contributed by atoms with Crippen LogP contribution in [0.5, 0.6) is 0 Å². The molecule has 0 saturated carbocycles. The molecule has 0 aliphatic carbocycles. The molecule has 1 N–H and O–H groups in total. The van der Waals surface area contributed by atoms with Crippen LogP contribution < -0.4 is 4.72 Å². The van der Waals surface area contributed by atoms with E-state index in [1.54, 1.807) is 35.5 Å². The highest BCUT2D eigenvalue weighted by Gasteiger charge is 2.21. The molecule has 5 nitrogen and oxygen atoms in total. The summed E-state index contributed by atoms with van der Waals surface area (Å²) in [6.07, 6.45) is 3.48. The first-order valence-corrected chi connectivity index (χ1v) is 9.99. The van der Waals surface area contributed by atoms with E-state index in [0.29, 0.717) is 11.4 Å². The predicted molar refractivity (Wildman–Crippen MR) is 97.3 cm³/mol. The lowest BCUT2D eigenvalue weighted by Crippen LogP contribution is -2.13. The Balaban J connectivity index is 1.94. The standard InChI is InChI=1S/C17H17N3O2S2/c1-13-17(12-20(18-13)15-8-4-3-5-9-15)24(21,22)19-14-7-6-10-16(11-14)23-2/h3-12,19H,1-2H3. The van der Waals surface area contributed by atoms with Crippen LogP contribution in [0.2, 0.25) is 0 Å². The van der Waals surface area contributed by atoms with Crippen LogP contribution in [-0.2, 0) is 10.0 Å². The number of anilines is 1. The Morgan fingerprint density at radius 1 is 1.08 bits per heavy atom. The van der Waals surface area contributed by atoms with Gasteiger partial charge in [0.25, 0.3) is 10.0 Å². The van der Waals surface area contributed by atoms with Crippen LogP contribution in [0.4, 0.5) is 5.69 Å². The third-order valence-corrected chi connectivity index (χ3v) is 5.70. The van der Waals surface area contributed by atoms with Crippen molar-refractivity contribution in [3.05, 3.63) is 66.5 Å². The van der Waals surface area contributed by atoms with Gasteiger partial charge in [0.15, 0.2) is 0 Å². The zero-order valence-corrected chi connectivity index (χ0v) is 14.9. The maximum Gasteiger partial charge on any atom is 0.265 e. The lowest BCUT2D eigenvalue weighted by molar-refractivity contribution is 0.600. The predicted octanol–water partition coefficient (Wildman–Crippen LogP) is 3.70. The average Bonchev–Trinajstić information content (AvgIpc) is 2.98. The second kappa shape index (κ2) is 6.70. The fraction of sp³-hybridized carbons (Fsp3) is 0.118. The molecule has 3 rings (SSSR count). The molecule has 0 saturated heterocycles. The van der Waals surface area contributed by atoms with Crippen molar-refractivity contribution < 1.29 is 8.42 Å². The monoisotopic (exact) mass is 359 g/mol. The largest absolute Gasteiger partial charge is 0.279 e. The molecule has 0 unspecified atom stereocenters. The summed E-state index contributed by atoms with van der Waals surface area (Å²) >= 11 is 1.56. The smallest absolute Gasteiger partial charge is 0.265 e. The fourth-order valence-electron chi connectivity index (χ4n) is 2.32. The summed E-state index contributed by atoms with van der Waals surface area (Å²) in [7, 11) is -3.70. The number of hydrogen-bond donors (Lipinski definition) is 1. The highest BCUT2D eigenvalue weighted by atomic mass is 32.2. The number of sulfonamides is 1. The van der Waals surface area contributed by atoms with Crippen molar-refractivity contribution in [1.29, 1.82) is 0 Å². The van der Waals surface area contributed by atoms with Crippen molar-refractivity contribution in [2.45, 2.75) is 16.7 Å². The summed E-state index contributed by atoms with van der Waals surface area (Å²) in [6.45, 7) is 1.69. The summed E-state index contributed by atoms with van der Waals surface area (Å²) in [5, 5.41) is 4.32. The Labute approximate surface area is 145 Å². The molecule has 0 spiro atoms. The molecular formula is C17H17N3O2S2. The van der Waals surface area contributed by atoms with Crippen LogP contribution in [0.3, 0.4) is 0 Å². The van der Waals surface area contributed by atoms with Gasteiger partial charge in [-0.05, 0) is 43.5 Å². The molecule has 0 aliphatic heterocycles. The minimum atomic E-state index is -3.70. The Bertz CT molecular complexity index is 951. The van der Waals surface area contributed by atoms with Crippen LogP contribution in [0.25, 0.3) is 5.69 Å². The molecular weight excluding hydrogens is 342 g/mol. The van der Waals surface area contributed by atoms with E-state index in [0.717, 1.165) is 10.6 Å². The van der Waals surface area contributed by atoms with Gasteiger partial charge in [0.1, 0.15) is 4.90 Å². The minimum Gasteiger partial charge on any atom is -0.279 e. The average molecular weight is 359 g/mol. The number of rotatable bonds is 5. The zero-order valence-electron chi connectivity index (χ0n) is 13.3. The van der Waals surface area contributed by atoms with Gasteiger partial charge >= 0.3 is 0 Å². The summed E-state index contributed by atoms with van der Waals surface area (Å²) in [4.78, 5) is 1.16. The van der Waals surface area contributed by atoms with Gasteiger partial charge in [-0.3, -0.25) is 4.72 Å². The van der Waals surface area contributed by atoms with E-state index in [2.05, 4.69) is 9.82 Å². The van der Waals surface area contributed by atoms with E-state index in [1.165, 1.54) is 6.20 Å². The molecule has 0 amide bonds. The molecule has 0 fully saturated rings. The van der Waals surface area contributed by atoms with E-state index < -0.39 is 10.0 Å². The molecule has 2 aromatic carbocycles. The summed E-state index contributed by atoms with van der Waals surface area (Å²) in [5.74, 6) is 0. The second-order valence-electron chi connectivity index (χ2n) is 5.20. The molecule has 24 heavy (non-hydrogen) atoms. The van der Waals surface area contributed by atoms with Gasteiger partial charge in [0, 0.05) is 10.6 Å². The van der Waals surface area contributed by atoms with E-state index >= 15 is 0 Å². The minimum absolute atomic E-state index is 0.168. The van der Waals surface area contributed by atoms with Crippen LogP contribution in [0.15, 0.2) is 70.6 Å². The fourth-order valence-corrected chi connectivity index (χ4v) is 3.99. The normalized spacial score (nSPS) is 11.4. The zero-order chi connectivity index (χ0) is 17.2. The Morgan fingerprint density at radius 2 is 1.83 bits per heavy atom. The Hall–Kier alpha value is -2.25. The third-order valence-electron chi connectivity index (χ3n) is 3.49. The maximum absolute atomic E-state index is 12.7. The number of aromatic nitrogens is 2. The third kappa shape index (κ3) is 3.47. The molecule has 0 atom stereocenters. The molecule has 3 aromatic rings. The van der Waals surface area contributed by atoms with E-state index in [9.17, 15) is 8.42 Å². The van der Waals surface area contributed by atoms with Gasteiger partial charge in [-0.1, -0.05) is 24.3 Å². The number of hydrogen-bond acceptors (Lipinski definition) is 4. The van der Waals surface area contributed by atoms with E-state index in [4.69, 9.17) is 0 Å². The van der Waals surface area contributed by atoms with Crippen molar-refractivity contribution in [3.8, 4) is 5.69 Å². The lowest BCUT2D eigenvalue weighted by atomic mass is 10.3. The van der Waals surface area contributed by atoms with Crippen molar-refractivity contribution in [2.75, 3.05) is 11.0 Å². The van der Waals surface area contributed by atoms with Gasteiger partial charge in [0.05, 0.1) is 17.6 Å². The summed E-state index contributed by atoms with van der Waals surface area (Å²) in [5.41, 5.74) is 1.80. The summed E-state index contributed by atoms with van der Waals surface area (Å²) < 4.78 is 29.6. The Morgan fingerprint density at radius 3 is 2.54 bits per heavy atom. The lowest BCUT2D eigenvalue weighted by Gasteiger charge is -2.08. The van der Waals surface area contributed by atoms with Crippen LogP contribution in [0, 0.1) is 6.92 Å². The van der Waals surface area contributed by atoms with Crippen molar-refractivity contribution in [3.63, 3.8) is 0 Å². The quantitative estimate of drug-likeness (QED) is 0.706. The summed E-state index contributed by atoms with van der Waals surface area (Å²) in [6, 6.07) is 16.7. The molecule has 1 aromatic heterocycles. The highest BCUT2D eigenvalue weighted by Crippen LogP contribution is 2.23. The molecule has 7 heteroatoms. The number of thioether (sulfide) groups is 1. The van der Waals surface area contributed by atoms with E-state index in [-0.39, 0.29) is 4.90 Å². The first-order chi connectivity index (χ1) is 11.5. The first kappa shape index (κ1) is 16.6. The molecule has 0 aliphatic rings. The Kier molecular flexibility index (Phi) is 4.64.